The Hall–Kier alpha value is -3.39. The van der Waals surface area contributed by atoms with E-state index in [0.29, 0.717) is 6.54 Å². The number of alkyl carbamates (subject to hydrolysis) is 1. The van der Waals surface area contributed by atoms with Gasteiger partial charge in [0.05, 0.1) is 6.10 Å². The number of aliphatic hydroxyl groups excluding tert-OH is 1. The number of nitrogens with one attached hydrogen (secondary N) is 1. The number of ether oxygens (including phenoxy) is 1. The molecule has 2 aliphatic carbocycles. The summed E-state index contributed by atoms with van der Waals surface area (Å²) < 4.78 is 5.61. The smallest absolute Gasteiger partial charge is 0.407 e. The number of carboxylic acids is 1. The fraction of sp³-hybridized carbons (Fsp3) is 0.444. The van der Waals surface area contributed by atoms with Gasteiger partial charge < -0.3 is 25.2 Å². The van der Waals surface area contributed by atoms with Crippen molar-refractivity contribution in [3.8, 4) is 11.1 Å². The number of hydrogen-bond donors (Lipinski definition) is 3. The van der Waals surface area contributed by atoms with Gasteiger partial charge in [-0.3, -0.25) is 4.79 Å². The molecule has 3 aliphatic rings. The molecule has 35 heavy (non-hydrogen) atoms. The van der Waals surface area contributed by atoms with Gasteiger partial charge in [0.15, 0.2) is 0 Å². The van der Waals surface area contributed by atoms with Crippen LogP contribution in [0.4, 0.5) is 4.79 Å². The van der Waals surface area contributed by atoms with Crippen LogP contribution in [0, 0.1) is 5.41 Å². The molecule has 2 amide bonds. The quantitative estimate of drug-likeness (QED) is 0.563. The Labute approximate surface area is 203 Å². The van der Waals surface area contributed by atoms with E-state index in [9.17, 15) is 24.6 Å². The molecule has 2 atom stereocenters. The van der Waals surface area contributed by atoms with Crippen molar-refractivity contribution >= 4 is 18.0 Å². The van der Waals surface area contributed by atoms with Crippen LogP contribution < -0.4 is 5.32 Å². The van der Waals surface area contributed by atoms with Gasteiger partial charge >= 0.3 is 12.1 Å². The van der Waals surface area contributed by atoms with Crippen LogP contribution in [0.15, 0.2) is 48.5 Å². The normalized spacial score (nSPS) is 22.1. The van der Waals surface area contributed by atoms with Gasteiger partial charge in [-0.2, -0.15) is 0 Å². The van der Waals surface area contributed by atoms with Crippen LogP contribution in [0.3, 0.4) is 0 Å². The Kier molecular flexibility index (Phi) is 6.23. The molecule has 1 saturated heterocycles. The molecule has 3 N–H and O–H groups in total. The van der Waals surface area contributed by atoms with Crippen LogP contribution in [0.1, 0.15) is 49.1 Å². The van der Waals surface area contributed by atoms with Crippen molar-refractivity contribution in [1.29, 1.82) is 0 Å². The fourth-order valence-electron chi connectivity index (χ4n) is 5.75. The predicted molar refractivity (Wildman–Crippen MR) is 128 cm³/mol. The minimum absolute atomic E-state index is 0.0260. The van der Waals surface area contributed by atoms with Crippen molar-refractivity contribution in [3.05, 3.63) is 59.7 Å². The Balaban J connectivity index is 1.17. The third kappa shape index (κ3) is 4.50. The van der Waals surface area contributed by atoms with Gasteiger partial charge in [-0.1, -0.05) is 55.0 Å². The highest BCUT2D eigenvalue weighted by molar-refractivity contribution is 5.85. The Bertz CT molecular complexity index is 1100. The largest absolute Gasteiger partial charge is 0.480 e. The Morgan fingerprint density at radius 3 is 2.23 bits per heavy atom. The van der Waals surface area contributed by atoms with E-state index in [1.165, 1.54) is 4.90 Å². The minimum atomic E-state index is -1.10. The van der Waals surface area contributed by atoms with Gasteiger partial charge in [-0.15, -0.1) is 0 Å². The lowest BCUT2D eigenvalue weighted by Crippen LogP contribution is -2.48. The van der Waals surface area contributed by atoms with E-state index in [-0.39, 0.29) is 37.8 Å². The second-order valence-corrected chi connectivity index (χ2v) is 10.00. The number of amides is 2. The second-order valence-electron chi connectivity index (χ2n) is 10.00. The minimum Gasteiger partial charge on any atom is -0.480 e. The summed E-state index contributed by atoms with van der Waals surface area (Å²) in [6, 6.07) is 15.3. The summed E-state index contributed by atoms with van der Waals surface area (Å²) in [6.45, 7) is 0.549. The second kappa shape index (κ2) is 9.34. The van der Waals surface area contributed by atoms with E-state index in [4.69, 9.17) is 4.74 Å². The predicted octanol–water partition coefficient (Wildman–Crippen LogP) is 3.13. The lowest BCUT2D eigenvalue weighted by molar-refractivity contribution is -0.149. The maximum absolute atomic E-state index is 12.9. The van der Waals surface area contributed by atoms with Crippen LogP contribution in [-0.2, 0) is 14.3 Å². The third-order valence-electron chi connectivity index (χ3n) is 7.78. The summed E-state index contributed by atoms with van der Waals surface area (Å²) in [7, 11) is 0. The first kappa shape index (κ1) is 23.4. The molecule has 0 spiro atoms. The van der Waals surface area contributed by atoms with Crippen molar-refractivity contribution in [2.24, 2.45) is 5.41 Å². The summed E-state index contributed by atoms with van der Waals surface area (Å²) in [4.78, 5) is 38.2. The van der Waals surface area contributed by atoms with Crippen LogP contribution in [0.5, 0.6) is 0 Å². The number of carboxylic acid groups (broad SMARTS) is 1. The fourth-order valence-corrected chi connectivity index (χ4v) is 5.75. The van der Waals surface area contributed by atoms with Crippen molar-refractivity contribution in [3.63, 3.8) is 0 Å². The molecule has 184 valence electrons. The van der Waals surface area contributed by atoms with E-state index in [2.05, 4.69) is 29.6 Å². The van der Waals surface area contributed by atoms with Gasteiger partial charge in [0.2, 0.25) is 5.91 Å². The van der Waals surface area contributed by atoms with Gasteiger partial charge in [0.25, 0.3) is 0 Å². The van der Waals surface area contributed by atoms with E-state index < -0.39 is 29.6 Å². The van der Waals surface area contributed by atoms with Crippen LogP contribution in [0.25, 0.3) is 11.1 Å². The number of aliphatic carboxylic acids is 1. The van der Waals surface area contributed by atoms with E-state index in [0.717, 1.165) is 41.5 Å². The number of carbonyl (C=O) groups excluding carboxylic acids is 2. The number of rotatable bonds is 7. The van der Waals surface area contributed by atoms with E-state index in [1.807, 2.05) is 24.3 Å². The van der Waals surface area contributed by atoms with Crippen molar-refractivity contribution < 1.29 is 29.3 Å². The number of fused-ring (bicyclic) bond motifs is 3. The number of likely N-dealkylation sites (tertiary alicyclic amines) is 1. The monoisotopic (exact) mass is 478 g/mol. The molecular formula is C27H30N2O6. The molecule has 0 aromatic heterocycles. The maximum Gasteiger partial charge on any atom is 0.407 e. The number of β-amino-alcohol motifs (C(OH)–C–C–N with tert-alkyl or cyclic N) is 1. The van der Waals surface area contributed by atoms with Gasteiger partial charge in [0.1, 0.15) is 12.6 Å². The summed E-state index contributed by atoms with van der Waals surface area (Å²) >= 11 is 0. The third-order valence-corrected chi connectivity index (χ3v) is 7.78. The highest BCUT2D eigenvalue weighted by Crippen LogP contribution is 2.45. The Morgan fingerprint density at radius 1 is 1.03 bits per heavy atom. The van der Waals surface area contributed by atoms with E-state index in [1.54, 1.807) is 0 Å². The first-order valence-corrected chi connectivity index (χ1v) is 12.2. The standard InChI is InChI=1S/C27H30N2O6/c30-17-12-23(25(32)33)29(14-17)24(31)13-27(10-5-11-27)16-28-26(34)35-15-22-20-8-3-1-6-18(20)19-7-2-4-9-21(19)22/h1-4,6-9,17,22-23,30H,5,10-16H2,(H,28,34)(H,32,33)/t17-,23+/m1/s1. The lowest BCUT2D eigenvalue weighted by Gasteiger charge is -2.42. The SMILES string of the molecule is O=C(NCC1(CC(=O)N2C[C@H](O)C[C@H]2C(=O)O)CCC1)OCC1c2ccccc2-c2ccccc21. The molecule has 1 saturated carbocycles. The number of carbonyl (C=O) groups is 3. The summed E-state index contributed by atoms with van der Waals surface area (Å²) in [5, 5.41) is 22.1. The zero-order valence-corrected chi connectivity index (χ0v) is 19.5. The summed E-state index contributed by atoms with van der Waals surface area (Å²) in [5.41, 5.74) is 4.21. The molecule has 2 aromatic carbocycles. The first-order chi connectivity index (χ1) is 16.9. The molecule has 8 heteroatoms. The highest BCUT2D eigenvalue weighted by Gasteiger charge is 2.44. The summed E-state index contributed by atoms with van der Waals surface area (Å²) in [6.07, 6.45) is 1.35. The molecule has 1 heterocycles. The zero-order valence-electron chi connectivity index (χ0n) is 19.5. The molecule has 0 radical (unpaired) electrons. The van der Waals surface area contributed by atoms with Crippen molar-refractivity contribution in [2.45, 2.75) is 50.2 Å². The van der Waals surface area contributed by atoms with Crippen molar-refractivity contribution in [2.75, 3.05) is 19.7 Å². The lowest BCUT2D eigenvalue weighted by atomic mass is 9.66. The highest BCUT2D eigenvalue weighted by atomic mass is 16.5. The van der Waals surface area contributed by atoms with Gasteiger partial charge in [-0.05, 0) is 40.5 Å². The van der Waals surface area contributed by atoms with Crippen LogP contribution in [0.2, 0.25) is 0 Å². The molecule has 5 rings (SSSR count). The maximum atomic E-state index is 12.9. The average Bonchev–Trinajstić information content (AvgIpc) is 3.38. The summed E-state index contributed by atoms with van der Waals surface area (Å²) in [5.74, 6) is -1.42. The molecule has 0 unspecified atom stereocenters. The number of aliphatic hydroxyl groups is 1. The Morgan fingerprint density at radius 2 is 1.66 bits per heavy atom. The molecule has 0 bridgehead atoms. The van der Waals surface area contributed by atoms with Crippen molar-refractivity contribution in [1.82, 2.24) is 10.2 Å². The number of hydrogen-bond acceptors (Lipinski definition) is 5. The molecule has 8 nitrogen and oxygen atoms in total. The number of benzene rings is 2. The van der Waals surface area contributed by atoms with Crippen LogP contribution >= 0.6 is 0 Å². The zero-order chi connectivity index (χ0) is 24.6. The van der Waals surface area contributed by atoms with Gasteiger partial charge in [0, 0.05) is 31.8 Å². The molecular weight excluding hydrogens is 448 g/mol. The van der Waals surface area contributed by atoms with E-state index >= 15 is 0 Å². The molecule has 2 aromatic rings. The molecule has 2 fully saturated rings. The topological polar surface area (TPSA) is 116 Å². The van der Waals surface area contributed by atoms with Gasteiger partial charge in [-0.25, -0.2) is 9.59 Å². The molecule has 1 aliphatic heterocycles. The first-order valence-electron chi connectivity index (χ1n) is 12.2. The average molecular weight is 479 g/mol. The number of nitrogens with zero attached hydrogens (tertiary/aromatic N) is 1. The van der Waals surface area contributed by atoms with Crippen LogP contribution in [-0.4, -0.2) is 64.9 Å².